The van der Waals surface area contributed by atoms with E-state index in [2.05, 4.69) is 36.4 Å². The first-order chi connectivity index (χ1) is 12.0. The fourth-order valence-corrected chi connectivity index (χ4v) is 2.51. The number of nitrogens with one attached hydrogen (secondary N) is 2. The Morgan fingerprint density at radius 1 is 1.16 bits per heavy atom. The molecule has 0 aromatic heterocycles. The number of hydrogen-bond donors (Lipinski definition) is 2. The van der Waals surface area contributed by atoms with Gasteiger partial charge in [-0.1, -0.05) is 38.3 Å². The van der Waals surface area contributed by atoms with Crippen LogP contribution in [0.4, 0.5) is 0 Å². The van der Waals surface area contributed by atoms with Gasteiger partial charge in [0, 0.05) is 32.2 Å². The molecule has 0 aliphatic carbocycles. The van der Waals surface area contributed by atoms with Gasteiger partial charge in [0.2, 0.25) is 0 Å². The average Bonchev–Trinajstić information content (AvgIpc) is 2.60. The molecule has 25 heavy (non-hydrogen) atoms. The first kappa shape index (κ1) is 21.0. The second-order valence-corrected chi connectivity index (χ2v) is 6.63. The third kappa shape index (κ3) is 8.05. The van der Waals surface area contributed by atoms with Crippen molar-refractivity contribution in [3.8, 4) is 0 Å². The monoisotopic (exact) mass is 346 g/mol. The summed E-state index contributed by atoms with van der Waals surface area (Å²) in [5.41, 5.74) is 1.79. The maximum atomic E-state index is 11.9. The van der Waals surface area contributed by atoms with Gasteiger partial charge in [0.1, 0.15) is 0 Å². The summed E-state index contributed by atoms with van der Waals surface area (Å²) in [6, 6.07) is 8.06. The maximum Gasteiger partial charge on any atom is 0.253 e. The number of carbonyl (C=O) groups is 1. The quantitative estimate of drug-likeness (QED) is 0.409. The van der Waals surface area contributed by atoms with E-state index < -0.39 is 0 Å². The molecule has 0 saturated carbocycles. The van der Waals surface area contributed by atoms with Gasteiger partial charge in [-0.3, -0.25) is 4.79 Å². The highest BCUT2D eigenvalue weighted by Crippen LogP contribution is 2.08. The van der Waals surface area contributed by atoms with E-state index in [9.17, 15) is 4.79 Å². The molecule has 0 heterocycles. The molecule has 1 aromatic rings. The number of guanidine groups is 1. The molecule has 0 saturated heterocycles. The van der Waals surface area contributed by atoms with Crippen LogP contribution in [0.25, 0.3) is 0 Å². The van der Waals surface area contributed by atoms with E-state index in [0.29, 0.717) is 18.2 Å². The lowest BCUT2D eigenvalue weighted by atomic mass is 10.1. The zero-order valence-electron chi connectivity index (χ0n) is 16.4. The van der Waals surface area contributed by atoms with Crippen LogP contribution < -0.4 is 10.6 Å². The van der Waals surface area contributed by atoms with Crippen LogP contribution in [-0.4, -0.2) is 43.4 Å². The number of carbonyl (C=O) groups excluding carboxylic acids is 1. The second kappa shape index (κ2) is 11.5. The van der Waals surface area contributed by atoms with Crippen LogP contribution in [0.1, 0.15) is 62.4 Å². The molecule has 2 N–H and O–H groups in total. The molecule has 0 aliphatic heterocycles. The van der Waals surface area contributed by atoms with Crippen LogP contribution in [-0.2, 0) is 6.54 Å². The van der Waals surface area contributed by atoms with Gasteiger partial charge in [0.15, 0.2) is 5.96 Å². The molecule has 1 unspecified atom stereocenters. The molecule has 0 spiro atoms. The normalized spacial score (nSPS) is 12.6. The Morgan fingerprint density at radius 3 is 2.40 bits per heavy atom. The largest absolute Gasteiger partial charge is 0.357 e. The number of aliphatic imine (C=N–C) groups is 1. The van der Waals surface area contributed by atoms with Crippen LogP contribution in [0.5, 0.6) is 0 Å². The van der Waals surface area contributed by atoms with E-state index in [1.54, 1.807) is 19.0 Å². The van der Waals surface area contributed by atoms with Crippen molar-refractivity contribution in [2.24, 2.45) is 4.99 Å². The van der Waals surface area contributed by atoms with E-state index in [4.69, 9.17) is 0 Å². The van der Waals surface area contributed by atoms with E-state index in [0.717, 1.165) is 24.5 Å². The minimum absolute atomic E-state index is 0.0194. The third-order valence-electron chi connectivity index (χ3n) is 3.99. The zero-order valence-corrected chi connectivity index (χ0v) is 16.4. The van der Waals surface area contributed by atoms with Crippen molar-refractivity contribution in [1.82, 2.24) is 15.5 Å². The highest BCUT2D eigenvalue weighted by molar-refractivity contribution is 5.93. The van der Waals surface area contributed by atoms with Gasteiger partial charge in [-0.2, -0.15) is 0 Å². The highest BCUT2D eigenvalue weighted by atomic mass is 16.2. The summed E-state index contributed by atoms with van der Waals surface area (Å²) in [6.45, 7) is 7.92. The van der Waals surface area contributed by atoms with Gasteiger partial charge in [-0.25, -0.2) is 4.99 Å². The summed E-state index contributed by atoms with van der Waals surface area (Å²) >= 11 is 0. The maximum absolute atomic E-state index is 11.9. The van der Waals surface area contributed by atoms with E-state index in [1.807, 2.05) is 24.3 Å². The number of benzene rings is 1. The Kier molecular flexibility index (Phi) is 9.66. The zero-order chi connectivity index (χ0) is 18.7. The molecule has 5 nitrogen and oxygen atoms in total. The van der Waals surface area contributed by atoms with Gasteiger partial charge in [-0.15, -0.1) is 0 Å². The van der Waals surface area contributed by atoms with Gasteiger partial charge in [0.25, 0.3) is 5.91 Å². The summed E-state index contributed by atoms with van der Waals surface area (Å²) in [5.74, 6) is 0.867. The van der Waals surface area contributed by atoms with Crippen molar-refractivity contribution in [2.45, 2.75) is 59.0 Å². The number of unbranched alkanes of at least 4 members (excludes halogenated alkanes) is 2. The standard InChI is InChI=1S/C20H34N4O/c1-6-8-9-10-16(3)23-20(21-7-2)22-15-17-11-13-18(14-12-17)19(25)24(4)5/h11-14,16H,6-10,15H2,1-5H3,(H2,21,22,23). The number of rotatable bonds is 9. The Bertz CT molecular complexity index is 537. The molecule has 1 aromatic carbocycles. The third-order valence-corrected chi connectivity index (χ3v) is 3.99. The predicted molar refractivity (Wildman–Crippen MR) is 106 cm³/mol. The Hall–Kier alpha value is -2.04. The van der Waals surface area contributed by atoms with Crippen LogP contribution in [0.3, 0.4) is 0 Å². The SMILES string of the molecule is CCCCCC(C)NC(=NCc1ccc(C(=O)N(C)C)cc1)NCC. The molecule has 140 valence electrons. The van der Waals surface area contributed by atoms with Crippen molar-refractivity contribution >= 4 is 11.9 Å². The molecule has 0 fully saturated rings. The fourth-order valence-electron chi connectivity index (χ4n) is 2.51. The first-order valence-electron chi connectivity index (χ1n) is 9.33. The molecule has 0 bridgehead atoms. The minimum atomic E-state index is 0.0194. The van der Waals surface area contributed by atoms with Crippen molar-refractivity contribution in [2.75, 3.05) is 20.6 Å². The average molecular weight is 347 g/mol. The predicted octanol–water partition coefficient (Wildman–Crippen LogP) is 3.41. The lowest BCUT2D eigenvalue weighted by Gasteiger charge is -2.17. The van der Waals surface area contributed by atoms with E-state index >= 15 is 0 Å². The summed E-state index contributed by atoms with van der Waals surface area (Å²) in [6.07, 6.45) is 4.91. The minimum Gasteiger partial charge on any atom is -0.357 e. The molecular weight excluding hydrogens is 312 g/mol. The summed E-state index contributed by atoms with van der Waals surface area (Å²) in [7, 11) is 3.52. The van der Waals surface area contributed by atoms with Crippen molar-refractivity contribution in [1.29, 1.82) is 0 Å². The summed E-state index contributed by atoms with van der Waals surface area (Å²) < 4.78 is 0. The molecule has 0 radical (unpaired) electrons. The Labute approximate surface area is 152 Å². The van der Waals surface area contributed by atoms with Gasteiger partial charge in [-0.05, 0) is 38.0 Å². The summed E-state index contributed by atoms with van der Waals surface area (Å²) in [5, 5.41) is 6.77. The number of nitrogens with zero attached hydrogens (tertiary/aromatic N) is 2. The highest BCUT2D eigenvalue weighted by Gasteiger charge is 2.08. The van der Waals surface area contributed by atoms with Crippen molar-refractivity contribution in [3.05, 3.63) is 35.4 Å². The molecule has 1 rings (SSSR count). The van der Waals surface area contributed by atoms with Crippen molar-refractivity contribution < 1.29 is 4.79 Å². The van der Waals surface area contributed by atoms with Crippen LogP contribution >= 0.6 is 0 Å². The Morgan fingerprint density at radius 2 is 1.84 bits per heavy atom. The van der Waals surface area contributed by atoms with Gasteiger partial charge >= 0.3 is 0 Å². The van der Waals surface area contributed by atoms with Crippen LogP contribution in [0, 0.1) is 0 Å². The van der Waals surface area contributed by atoms with Crippen molar-refractivity contribution in [3.63, 3.8) is 0 Å². The topological polar surface area (TPSA) is 56.7 Å². The van der Waals surface area contributed by atoms with Gasteiger partial charge < -0.3 is 15.5 Å². The van der Waals surface area contributed by atoms with Crippen LogP contribution in [0.2, 0.25) is 0 Å². The second-order valence-electron chi connectivity index (χ2n) is 6.63. The molecule has 1 amide bonds. The fraction of sp³-hybridized carbons (Fsp3) is 0.600. The lowest BCUT2D eigenvalue weighted by Crippen LogP contribution is -2.42. The molecular formula is C20H34N4O. The number of amides is 1. The molecule has 5 heteroatoms. The first-order valence-corrected chi connectivity index (χ1v) is 9.33. The lowest BCUT2D eigenvalue weighted by molar-refractivity contribution is 0.0827. The van der Waals surface area contributed by atoms with E-state index in [-0.39, 0.29) is 5.91 Å². The molecule has 1 atom stereocenters. The smallest absolute Gasteiger partial charge is 0.253 e. The van der Waals surface area contributed by atoms with Gasteiger partial charge in [0.05, 0.1) is 6.54 Å². The number of hydrogen-bond acceptors (Lipinski definition) is 2. The Balaban J connectivity index is 2.62. The van der Waals surface area contributed by atoms with Crippen LogP contribution in [0.15, 0.2) is 29.3 Å². The molecule has 0 aliphatic rings. The summed E-state index contributed by atoms with van der Waals surface area (Å²) in [4.78, 5) is 18.2. The van der Waals surface area contributed by atoms with E-state index in [1.165, 1.54) is 19.3 Å².